The highest BCUT2D eigenvalue weighted by atomic mass is 19.1. The third-order valence-corrected chi connectivity index (χ3v) is 4.85. The van der Waals surface area contributed by atoms with Gasteiger partial charge in [0.15, 0.2) is 5.82 Å². The van der Waals surface area contributed by atoms with Crippen molar-refractivity contribution in [2.75, 3.05) is 11.1 Å². The van der Waals surface area contributed by atoms with Crippen LogP contribution in [0.25, 0.3) is 16.7 Å². The van der Waals surface area contributed by atoms with Crippen LogP contribution in [-0.2, 0) is 0 Å². The van der Waals surface area contributed by atoms with Gasteiger partial charge in [-0.15, -0.1) is 0 Å². The summed E-state index contributed by atoms with van der Waals surface area (Å²) in [5, 5.41) is 7.50. The van der Waals surface area contributed by atoms with Gasteiger partial charge in [0.25, 0.3) is 0 Å². The Labute approximate surface area is 179 Å². The molecular weight excluding hydrogens is 418 g/mol. The first-order chi connectivity index (χ1) is 15.5. The molecule has 11 heteroatoms. The number of carbonyl (C=O) groups is 1. The van der Waals surface area contributed by atoms with Gasteiger partial charge in [0.2, 0.25) is 5.78 Å². The zero-order chi connectivity index (χ0) is 22.2. The van der Waals surface area contributed by atoms with Crippen molar-refractivity contribution in [1.29, 1.82) is 0 Å². The van der Waals surface area contributed by atoms with Crippen LogP contribution in [0.2, 0.25) is 0 Å². The van der Waals surface area contributed by atoms with Gasteiger partial charge in [-0.2, -0.15) is 5.10 Å². The van der Waals surface area contributed by atoms with E-state index < -0.39 is 23.0 Å². The molecule has 0 radical (unpaired) electrons. The average molecular weight is 432 g/mol. The highest BCUT2D eigenvalue weighted by Crippen LogP contribution is 2.30. The Kier molecular flexibility index (Phi) is 4.55. The molecule has 0 amide bonds. The molecule has 5 rings (SSSR count). The van der Waals surface area contributed by atoms with Crippen LogP contribution in [0.15, 0.2) is 61.6 Å². The molecule has 0 aliphatic carbocycles. The Hall–Kier alpha value is -4.67. The molecule has 3 aromatic heterocycles. The summed E-state index contributed by atoms with van der Waals surface area (Å²) in [5.74, 6) is -2.73. The molecule has 0 fully saturated rings. The van der Waals surface area contributed by atoms with Gasteiger partial charge in [-0.3, -0.25) is 4.79 Å². The predicted octanol–water partition coefficient (Wildman–Crippen LogP) is 3.37. The molecule has 4 N–H and O–H groups in total. The molecule has 0 spiro atoms. The summed E-state index contributed by atoms with van der Waals surface area (Å²) in [6.45, 7) is 0. The number of aromatic amines is 1. The van der Waals surface area contributed by atoms with Crippen molar-refractivity contribution in [2.45, 2.75) is 0 Å². The molecule has 9 nitrogen and oxygen atoms in total. The zero-order valence-electron chi connectivity index (χ0n) is 16.3. The van der Waals surface area contributed by atoms with Crippen molar-refractivity contribution in [3.05, 3.63) is 84.3 Å². The third-order valence-electron chi connectivity index (χ3n) is 4.85. The highest BCUT2D eigenvalue weighted by molar-refractivity contribution is 6.18. The number of nitrogens with two attached hydrogens (primary N) is 1. The molecule has 0 saturated heterocycles. The van der Waals surface area contributed by atoms with Crippen molar-refractivity contribution in [2.24, 2.45) is 0 Å². The summed E-state index contributed by atoms with van der Waals surface area (Å²) < 4.78 is 30.4. The first-order valence-electron chi connectivity index (χ1n) is 9.35. The van der Waals surface area contributed by atoms with Crippen LogP contribution in [0.3, 0.4) is 0 Å². The third kappa shape index (κ3) is 3.21. The lowest BCUT2D eigenvalue weighted by Crippen LogP contribution is -2.10. The van der Waals surface area contributed by atoms with E-state index in [0.29, 0.717) is 11.3 Å². The fourth-order valence-electron chi connectivity index (χ4n) is 3.35. The number of nitrogen functional groups attached to an aromatic ring is 1. The van der Waals surface area contributed by atoms with Crippen LogP contribution in [0.5, 0.6) is 0 Å². The minimum Gasteiger partial charge on any atom is -0.396 e. The van der Waals surface area contributed by atoms with Crippen LogP contribution in [0.1, 0.15) is 15.9 Å². The number of H-pyrrole nitrogens is 1. The van der Waals surface area contributed by atoms with Gasteiger partial charge in [-0.25, -0.2) is 28.4 Å². The Bertz CT molecular complexity index is 1460. The van der Waals surface area contributed by atoms with Crippen molar-refractivity contribution >= 4 is 34.0 Å². The van der Waals surface area contributed by atoms with Crippen molar-refractivity contribution in [3.8, 4) is 5.69 Å². The monoisotopic (exact) mass is 432 g/mol. The second-order valence-electron chi connectivity index (χ2n) is 6.82. The van der Waals surface area contributed by atoms with E-state index in [1.165, 1.54) is 18.9 Å². The van der Waals surface area contributed by atoms with Gasteiger partial charge in [0, 0.05) is 11.9 Å². The largest absolute Gasteiger partial charge is 0.396 e. The molecule has 0 aliphatic heterocycles. The summed E-state index contributed by atoms with van der Waals surface area (Å²) >= 11 is 0. The van der Waals surface area contributed by atoms with Gasteiger partial charge in [-0.1, -0.05) is 6.07 Å². The lowest BCUT2D eigenvalue weighted by Gasteiger charge is -2.10. The van der Waals surface area contributed by atoms with E-state index in [2.05, 4.69) is 30.4 Å². The van der Waals surface area contributed by atoms with Gasteiger partial charge < -0.3 is 16.0 Å². The van der Waals surface area contributed by atoms with Gasteiger partial charge in [0.1, 0.15) is 36.3 Å². The zero-order valence-corrected chi connectivity index (χ0v) is 16.3. The van der Waals surface area contributed by atoms with Crippen molar-refractivity contribution < 1.29 is 13.6 Å². The lowest BCUT2D eigenvalue weighted by molar-refractivity contribution is 0.103. The Morgan fingerprint density at radius 1 is 1.12 bits per heavy atom. The molecule has 5 aromatic rings. The summed E-state index contributed by atoms with van der Waals surface area (Å²) in [5.41, 5.74) is 6.16. The summed E-state index contributed by atoms with van der Waals surface area (Å²) in [6.07, 6.45) is 5.61. The number of nitrogens with one attached hydrogen (secondary N) is 2. The van der Waals surface area contributed by atoms with Crippen molar-refractivity contribution in [1.82, 2.24) is 29.7 Å². The van der Waals surface area contributed by atoms with E-state index in [9.17, 15) is 13.6 Å². The molecule has 2 aromatic carbocycles. The van der Waals surface area contributed by atoms with Gasteiger partial charge in [-0.05, 0) is 30.3 Å². The number of hydrogen-bond donors (Lipinski definition) is 3. The second-order valence-corrected chi connectivity index (χ2v) is 6.82. The number of rotatable bonds is 5. The second kappa shape index (κ2) is 7.54. The van der Waals surface area contributed by atoms with E-state index in [1.807, 2.05) is 6.07 Å². The fourth-order valence-corrected chi connectivity index (χ4v) is 3.35. The van der Waals surface area contributed by atoms with E-state index in [-0.39, 0.29) is 22.5 Å². The number of carbonyl (C=O) groups excluding carboxylic acids is 1. The van der Waals surface area contributed by atoms with Crippen LogP contribution >= 0.6 is 0 Å². The molecule has 0 unspecified atom stereocenters. The van der Waals surface area contributed by atoms with E-state index in [0.717, 1.165) is 17.8 Å². The SMILES string of the molecule is Nc1ccc(F)c(C(=O)c2c[nH]c3ncnc(Nc4cccc(-n5cncn5)c4)c23)c1F. The summed E-state index contributed by atoms with van der Waals surface area (Å²) in [6, 6.07) is 9.25. The van der Waals surface area contributed by atoms with Crippen LogP contribution in [0, 0.1) is 11.6 Å². The quantitative estimate of drug-likeness (QED) is 0.287. The van der Waals surface area contributed by atoms with Gasteiger partial charge in [0.05, 0.1) is 27.9 Å². The van der Waals surface area contributed by atoms with Crippen LogP contribution in [-0.4, -0.2) is 35.5 Å². The van der Waals surface area contributed by atoms with Crippen LogP contribution < -0.4 is 11.1 Å². The molecule has 32 heavy (non-hydrogen) atoms. The van der Waals surface area contributed by atoms with E-state index >= 15 is 0 Å². The first-order valence-corrected chi connectivity index (χ1v) is 9.35. The summed E-state index contributed by atoms with van der Waals surface area (Å²) in [4.78, 5) is 28.2. The fraction of sp³-hybridized carbons (Fsp3) is 0. The van der Waals surface area contributed by atoms with Crippen LogP contribution in [0.4, 0.5) is 26.0 Å². The van der Waals surface area contributed by atoms with Gasteiger partial charge >= 0.3 is 0 Å². The average Bonchev–Trinajstić information content (AvgIpc) is 3.47. The Balaban J connectivity index is 1.59. The number of fused-ring (bicyclic) bond motifs is 1. The topological polar surface area (TPSA) is 127 Å². The molecule has 158 valence electrons. The molecular formula is C21H14F2N8O. The maximum atomic E-state index is 14.5. The lowest BCUT2D eigenvalue weighted by atomic mass is 10.0. The number of halogens is 2. The smallest absolute Gasteiger partial charge is 0.201 e. The molecule has 0 atom stereocenters. The maximum absolute atomic E-state index is 14.5. The van der Waals surface area contributed by atoms with E-state index in [4.69, 9.17) is 5.73 Å². The number of anilines is 3. The Morgan fingerprint density at radius 2 is 2.00 bits per heavy atom. The number of nitrogens with zero attached hydrogens (tertiary/aromatic N) is 5. The Morgan fingerprint density at radius 3 is 2.81 bits per heavy atom. The molecule has 0 aliphatic rings. The minimum atomic E-state index is -1.11. The molecule has 0 bridgehead atoms. The van der Waals surface area contributed by atoms with E-state index in [1.54, 1.807) is 29.2 Å². The standard InChI is InChI=1S/C21H14F2N8O/c22-14-4-5-15(24)18(23)17(14)19(32)13-7-26-20-16(13)21(28-9-27-20)30-11-2-1-3-12(6-11)31-10-25-8-29-31/h1-10H,24H2,(H2,26,27,28,30). The normalized spacial score (nSPS) is 11.1. The van der Waals surface area contributed by atoms with Crippen molar-refractivity contribution in [3.63, 3.8) is 0 Å². The number of aromatic nitrogens is 6. The molecule has 0 saturated carbocycles. The predicted molar refractivity (Wildman–Crippen MR) is 113 cm³/mol. The first kappa shape index (κ1) is 19.3. The molecule has 3 heterocycles. The highest BCUT2D eigenvalue weighted by Gasteiger charge is 2.25. The minimum absolute atomic E-state index is 0.000990. The number of hydrogen-bond acceptors (Lipinski definition) is 7. The number of benzene rings is 2. The number of ketones is 1. The maximum Gasteiger partial charge on any atom is 0.201 e. The summed E-state index contributed by atoms with van der Waals surface area (Å²) in [7, 11) is 0.